The van der Waals surface area contributed by atoms with Crippen molar-refractivity contribution in [1.82, 2.24) is 20.2 Å². The van der Waals surface area contributed by atoms with E-state index in [4.69, 9.17) is 0 Å². The monoisotopic (exact) mass is 234 g/mol. The molecule has 94 valence electrons. The van der Waals surface area contributed by atoms with Crippen LogP contribution in [0.2, 0.25) is 0 Å². The largest absolute Gasteiger partial charge is 0.349 e. The summed E-state index contributed by atoms with van der Waals surface area (Å²) in [5.74, 6) is 1.09. The van der Waals surface area contributed by atoms with E-state index in [0.29, 0.717) is 0 Å². The molecule has 17 heavy (non-hydrogen) atoms. The van der Waals surface area contributed by atoms with Crippen LogP contribution >= 0.6 is 0 Å². The molecule has 2 fully saturated rings. The van der Waals surface area contributed by atoms with Crippen molar-refractivity contribution in [2.75, 3.05) is 19.6 Å². The molecular weight excluding hydrogens is 212 g/mol. The van der Waals surface area contributed by atoms with E-state index in [1.165, 1.54) is 38.8 Å². The summed E-state index contributed by atoms with van der Waals surface area (Å²) in [5, 5.41) is 3.69. The highest BCUT2D eigenvalue weighted by Crippen LogP contribution is 2.26. The molecule has 4 nitrogen and oxygen atoms in total. The molecule has 0 saturated carbocycles. The molecule has 0 spiro atoms. The number of imidazole rings is 1. The fraction of sp³-hybridized carbons (Fsp3) is 0.769. The molecule has 4 heteroatoms. The summed E-state index contributed by atoms with van der Waals surface area (Å²) >= 11 is 0. The third-order valence-corrected chi connectivity index (χ3v) is 4.17. The van der Waals surface area contributed by atoms with E-state index in [1.54, 1.807) is 0 Å². The third kappa shape index (κ3) is 2.69. The van der Waals surface area contributed by atoms with Gasteiger partial charge >= 0.3 is 0 Å². The van der Waals surface area contributed by atoms with Crippen LogP contribution < -0.4 is 5.32 Å². The maximum Gasteiger partial charge on any atom is 0.107 e. The number of nitrogens with one attached hydrogen (secondary N) is 2. The minimum absolute atomic E-state index is 0.726. The fourth-order valence-electron chi connectivity index (χ4n) is 3.24. The molecule has 2 saturated heterocycles. The van der Waals surface area contributed by atoms with Gasteiger partial charge in [0.15, 0.2) is 0 Å². The number of aromatic amines is 1. The van der Waals surface area contributed by atoms with Crippen molar-refractivity contribution in [2.24, 2.45) is 0 Å². The Hall–Kier alpha value is -0.870. The van der Waals surface area contributed by atoms with Crippen molar-refractivity contribution in [1.29, 1.82) is 0 Å². The first kappa shape index (κ1) is 11.2. The summed E-state index contributed by atoms with van der Waals surface area (Å²) in [7, 11) is 0. The summed E-state index contributed by atoms with van der Waals surface area (Å²) in [5.41, 5.74) is 0. The second-order valence-electron chi connectivity index (χ2n) is 5.29. The van der Waals surface area contributed by atoms with Crippen molar-refractivity contribution in [3.63, 3.8) is 0 Å². The summed E-state index contributed by atoms with van der Waals surface area (Å²) in [4.78, 5) is 10.1. The highest BCUT2D eigenvalue weighted by molar-refractivity contribution is 4.91. The van der Waals surface area contributed by atoms with Crippen molar-refractivity contribution in [3.8, 4) is 0 Å². The predicted octanol–water partition coefficient (Wildman–Crippen LogP) is 1.17. The van der Waals surface area contributed by atoms with Crippen LogP contribution in [0.25, 0.3) is 0 Å². The van der Waals surface area contributed by atoms with Crippen molar-refractivity contribution in [2.45, 2.75) is 44.2 Å². The van der Waals surface area contributed by atoms with Crippen LogP contribution in [-0.4, -0.2) is 46.6 Å². The summed E-state index contributed by atoms with van der Waals surface area (Å²) < 4.78 is 0. The lowest BCUT2D eigenvalue weighted by atomic mass is 9.97. The molecule has 3 rings (SSSR count). The van der Waals surface area contributed by atoms with Gasteiger partial charge < -0.3 is 15.2 Å². The average molecular weight is 234 g/mol. The summed E-state index contributed by atoms with van der Waals surface area (Å²) in [6.45, 7) is 3.68. The molecule has 0 bridgehead atoms. The van der Waals surface area contributed by atoms with E-state index in [-0.39, 0.29) is 0 Å². The van der Waals surface area contributed by atoms with Crippen LogP contribution in [0.3, 0.4) is 0 Å². The van der Waals surface area contributed by atoms with Crippen molar-refractivity contribution < 1.29 is 0 Å². The van der Waals surface area contributed by atoms with Crippen LogP contribution in [0.15, 0.2) is 12.4 Å². The van der Waals surface area contributed by atoms with Gasteiger partial charge in [-0.05, 0) is 38.8 Å². The Balaban J connectivity index is 1.40. The van der Waals surface area contributed by atoms with Crippen molar-refractivity contribution >= 4 is 0 Å². The number of nitrogens with zero attached hydrogens (tertiary/aromatic N) is 2. The van der Waals surface area contributed by atoms with Gasteiger partial charge in [-0.25, -0.2) is 4.98 Å². The fourth-order valence-corrected chi connectivity index (χ4v) is 3.24. The molecule has 0 aliphatic carbocycles. The summed E-state index contributed by atoms with van der Waals surface area (Å²) in [6, 6.07) is 1.59. The number of hydrogen-bond acceptors (Lipinski definition) is 3. The van der Waals surface area contributed by atoms with Crippen LogP contribution in [0, 0.1) is 0 Å². The quantitative estimate of drug-likeness (QED) is 0.822. The van der Waals surface area contributed by atoms with Gasteiger partial charge in [0, 0.05) is 37.4 Å². The Bertz CT molecular complexity index is 335. The minimum Gasteiger partial charge on any atom is -0.349 e. The maximum absolute atomic E-state index is 4.25. The van der Waals surface area contributed by atoms with E-state index in [0.717, 1.165) is 30.9 Å². The Morgan fingerprint density at radius 3 is 3.29 bits per heavy atom. The molecule has 2 aliphatic rings. The molecule has 1 aromatic heterocycles. The summed E-state index contributed by atoms with van der Waals surface area (Å²) in [6.07, 6.45) is 10.2. The Morgan fingerprint density at radius 2 is 2.41 bits per heavy atom. The van der Waals surface area contributed by atoms with Gasteiger partial charge in [0.05, 0.1) is 0 Å². The first-order valence-corrected chi connectivity index (χ1v) is 6.87. The maximum atomic E-state index is 4.25. The van der Waals surface area contributed by atoms with Gasteiger partial charge in [0.1, 0.15) is 5.82 Å². The van der Waals surface area contributed by atoms with E-state index >= 15 is 0 Å². The molecule has 0 radical (unpaired) electrons. The first-order valence-electron chi connectivity index (χ1n) is 6.87. The molecule has 3 heterocycles. The molecule has 2 atom stereocenters. The number of piperidine rings is 1. The lowest BCUT2D eigenvalue weighted by Crippen LogP contribution is -2.46. The topological polar surface area (TPSA) is 44.0 Å². The zero-order chi connectivity index (χ0) is 11.5. The van der Waals surface area contributed by atoms with Gasteiger partial charge in [0.2, 0.25) is 0 Å². The Kier molecular flexibility index (Phi) is 3.43. The minimum atomic E-state index is 0.726. The lowest BCUT2D eigenvalue weighted by molar-refractivity contribution is 0.167. The second-order valence-corrected chi connectivity index (χ2v) is 5.29. The average Bonchev–Trinajstić information content (AvgIpc) is 2.98. The molecule has 2 unspecified atom stereocenters. The molecule has 2 aliphatic heterocycles. The van der Waals surface area contributed by atoms with Crippen LogP contribution in [-0.2, 0) is 6.42 Å². The van der Waals surface area contributed by atoms with Crippen LogP contribution in [0.5, 0.6) is 0 Å². The van der Waals surface area contributed by atoms with Gasteiger partial charge in [-0.2, -0.15) is 0 Å². The van der Waals surface area contributed by atoms with Gasteiger partial charge in [-0.3, -0.25) is 0 Å². The Morgan fingerprint density at radius 1 is 1.41 bits per heavy atom. The number of fused-ring (bicyclic) bond motifs is 1. The lowest BCUT2D eigenvalue weighted by Gasteiger charge is -2.35. The normalized spacial score (nSPS) is 29.4. The number of rotatable bonds is 4. The van der Waals surface area contributed by atoms with Crippen LogP contribution in [0.1, 0.15) is 31.5 Å². The smallest absolute Gasteiger partial charge is 0.107 e. The Labute approximate surface area is 103 Å². The molecular formula is C13H22N4. The van der Waals surface area contributed by atoms with Gasteiger partial charge in [-0.1, -0.05) is 0 Å². The van der Waals surface area contributed by atoms with E-state index in [1.807, 2.05) is 12.4 Å². The van der Waals surface area contributed by atoms with E-state index < -0.39 is 0 Å². The SMILES string of the molecule is c1c[nH]c(CCNC2CCN3CCCC3C2)n1. The predicted molar refractivity (Wildman–Crippen MR) is 67.9 cm³/mol. The van der Waals surface area contributed by atoms with E-state index in [9.17, 15) is 0 Å². The standard InChI is InChI=1S/C13H22N4/c1-2-12-10-11(4-9-17(12)8-1)14-5-3-13-15-6-7-16-13/h6-7,11-12,14H,1-5,8-10H2,(H,15,16). The highest BCUT2D eigenvalue weighted by atomic mass is 15.2. The first-order chi connectivity index (χ1) is 8.42. The molecule has 0 aromatic carbocycles. The second kappa shape index (κ2) is 5.19. The molecule has 1 aromatic rings. The number of hydrogen-bond donors (Lipinski definition) is 2. The zero-order valence-electron chi connectivity index (χ0n) is 10.4. The van der Waals surface area contributed by atoms with Gasteiger partial charge in [-0.15, -0.1) is 0 Å². The van der Waals surface area contributed by atoms with Crippen LogP contribution in [0.4, 0.5) is 0 Å². The highest BCUT2D eigenvalue weighted by Gasteiger charge is 2.31. The number of aromatic nitrogens is 2. The molecule has 0 amide bonds. The van der Waals surface area contributed by atoms with Gasteiger partial charge in [0.25, 0.3) is 0 Å². The number of H-pyrrole nitrogens is 1. The third-order valence-electron chi connectivity index (χ3n) is 4.17. The van der Waals surface area contributed by atoms with E-state index in [2.05, 4.69) is 20.2 Å². The van der Waals surface area contributed by atoms with Crippen molar-refractivity contribution in [3.05, 3.63) is 18.2 Å². The molecule has 2 N–H and O–H groups in total. The zero-order valence-corrected chi connectivity index (χ0v) is 10.4.